The maximum atomic E-state index is 7.00. The Bertz CT molecular complexity index is 910. The first kappa shape index (κ1) is 18.3. The molecular formula is C22H25ClN4S. The Morgan fingerprint density at radius 2 is 1.96 bits per heavy atom. The van der Waals surface area contributed by atoms with Gasteiger partial charge in [0.1, 0.15) is 6.04 Å². The molecule has 5 rings (SSSR count). The summed E-state index contributed by atoms with van der Waals surface area (Å²) in [6.45, 7) is 7.68. The zero-order valence-electron chi connectivity index (χ0n) is 16.3. The highest BCUT2D eigenvalue weighted by molar-refractivity contribution is 8.14. The lowest BCUT2D eigenvalue weighted by molar-refractivity contribution is 0.321. The van der Waals surface area contributed by atoms with Gasteiger partial charge in [-0.15, -0.1) is 0 Å². The van der Waals surface area contributed by atoms with E-state index in [-0.39, 0.29) is 12.1 Å². The van der Waals surface area contributed by atoms with E-state index < -0.39 is 0 Å². The van der Waals surface area contributed by atoms with E-state index in [0.29, 0.717) is 5.25 Å². The van der Waals surface area contributed by atoms with Gasteiger partial charge < -0.3 is 9.80 Å². The van der Waals surface area contributed by atoms with Crippen LogP contribution in [0.2, 0.25) is 5.02 Å². The second kappa shape index (κ2) is 7.27. The van der Waals surface area contributed by atoms with Gasteiger partial charge in [0.05, 0.1) is 16.8 Å². The van der Waals surface area contributed by atoms with Crippen molar-refractivity contribution < 1.29 is 0 Å². The number of halogens is 1. The van der Waals surface area contributed by atoms with Crippen LogP contribution in [0.5, 0.6) is 0 Å². The quantitative estimate of drug-likeness (QED) is 0.690. The van der Waals surface area contributed by atoms with Gasteiger partial charge in [0.15, 0.2) is 5.17 Å². The third-order valence-electron chi connectivity index (χ3n) is 6.03. The third kappa shape index (κ3) is 3.00. The number of amidine groups is 1. The van der Waals surface area contributed by atoms with Gasteiger partial charge in [-0.25, -0.2) is 0 Å². The molecule has 0 unspecified atom stereocenters. The number of aromatic nitrogens is 1. The minimum atomic E-state index is -0.00858. The van der Waals surface area contributed by atoms with Crippen molar-refractivity contribution in [3.8, 4) is 0 Å². The molecule has 2 fully saturated rings. The van der Waals surface area contributed by atoms with Crippen molar-refractivity contribution in [2.75, 3.05) is 24.5 Å². The molecule has 0 bridgehead atoms. The van der Waals surface area contributed by atoms with Gasteiger partial charge in [0, 0.05) is 36.8 Å². The van der Waals surface area contributed by atoms with Gasteiger partial charge in [-0.1, -0.05) is 42.4 Å². The van der Waals surface area contributed by atoms with Crippen LogP contribution in [0.25, 0.3) is 0 Å². The van der Waals surface area contributed by atoms with E-state index >= 15 is 0 Å². The van der Waals surface area contributed by atoms with Crippen molar-refractivity contribution in [2.24, 2.45) is 4.99 Å². The van der Waals surface area contributed by atoms with E-state index in [1.54, 1.807) is 0 Å². The first-order valence-electron chi connectivity index (χ1n) is 10.1. The van der Waals surface area contributed by atoms with E-state index in [2.05, 4.69) is 46.8 Å². The summed E-state index contributed by atoms with van der Waals surface area (Å²) in [6, 6.07) is 10.7. The number of aliphatic imine (C=N–C) groups is 1. The molecule has 3 aliphatic heterocycles. The monoisotopic (exact) mass is 412 g/mol. The molecule has 0 N–H and O–H groups in total. The van der Waals surface area contributed by atoms with Crippen LogP contribution in [0.3, 0.4) is 0 Å². The largest absolute Gasteiger partial charge is 0.371 e. The van der Waals surface area contributed by atoms with Gasteiger partial charge in [0.25, 0.3) is 0 Å². The molecule has 3 atom stereocenters. The Balaban J connectivity index is 1.57. The van der Waals surface area contributed by atoms with Crippen LogP contribution in [0, 0.1) is 6.92 Å². The molecule has 1 aromatic heterocycles. The third-order valence-corrected chi connectivity index (χ3v) is 7.64. The molecule has 0 aliphatic carbocycles. The Morgan fingerprint density at radius 3 is 2.71 bits per heavy atom. The van der Waals surface area contributed by atoms with E-state index in [1.807, 2.05) is 30.1 Å². The lowest BCUT2D eigenvalue weighted by Crippen LogP contribution is -2.29. The number of thioether (sulfide) groups is 1. The summed E-state index contributed by atoms with van der Waals surface area (Å²) in [5, 5.41) is 2.57. The predicted octanol–water partition coefficient (Wildman–Crippen LogP) is 5.23. The highest BCUT2D eigenvalue weighted by Gasteiger charge is 2.44. The smallest absolute Gasteiger partial charge is 0.160 e. The lowest BCUT2D eigenvalue weighted by Gasteiger charge is -2.30. The van der Waals surface area contributed by atoms with Gasteiger partial charge in [-0.05, 0) is 49.1 Å². The number of fused-ring (bicyclic) bond motifs is 1. The summed E-state index contributed by atoms with van der Waals surface area (Å²) in [6.07, 6.45) is 4.39. The topological polar surface area (TPSA) is 31.7 Å². The summed E-state index contributed by atoms with van der Waals surface area (Å²) in [7, 11) is 0. The SMILES string of the molecule is Cc1c(N2CCCC2)ccc([C@H]2[C@H](c3ccccn3)N=C3S[C@@H](C)CN32)c1Cl. The maximum Gasteiger partial charge on any atom is 0.160 e. The maximum absolute atomic E-state index is 7.00. The summed E-state index contributed by atoms with van der Waals surface area (Å²) < 4.78 is 0. The van der Waals surface area contributed by atoms with Crippen LogP contribution >= 0.6 is 23.4 Å². The molecule has 3 aliphatic rings. The van der Waals surface area contributed by atoms with Crippen molar-refractivity contribution in [1.29, 1.82) is 0 Å². The molecule has 6 heteroatoms. The van der Waals surface area contributed by atoms with Crippen LogP contribution in [-0.2, 0) is 0 Å². The van der Waals surface area contributed by atoms with Crippen molar-refractivity contribution >= 4 is 34.2 Å². The van der Waals surface area contributed by atoms with Crippen LogP contribution in [0.15, 0.2) is 41.5 Å². The molecule has 0 saturated carbocycles. The molecule has 1 aromatic carbocycles. The average molecular weight is 413 g/mol. The van der Waals surface area contributed by atoms with Crippen LogP contribution in [0.1, 0.15) is 48.7 Å². The molecule has 4 nitrogen and oxygen atoms in total. The van der Waals surface area contributed by atoms with Crippen molar-refractivity contribution in [2.45, 2.75) is 44.0 Å². The Kier molecular flexibility index (Phi) is 4.76. The standard InChI is InChI=1S/C22H25ClN4S/c1-14-13-27-21(20(25-22(27)28-14)17-7-3-4-10-24-17)16-8-9-18(15(2)19(16)23)26-11-5-6-12-26/h3-4,7-10,14,20-21H,5-6,11-13H2,1-2H3/t14-,20-,21-/m0/s1. The molecular weight excluding hydrogens is 388 g/mol. The molecule has 0 radical (unpaired) electrons. The summed E-state index contributed by atoms with van der Waals surface area (Å²) >= 11 is 8.87. The normalized spacial score (nSPS) is 26.7. The predicted molar refractivity (Wildman–Crippen MR) is 119 cm³/mol. The van der Waals surface area contributed by atoms with Crippen molar-refractivity contribution in [3.63, 3.8) is 0 Å². The van der Waals surface area contributed by atoms with Gasteiger partial charge in [0.2, 0.25) is 0 Å². The molecule has 146 valence electrons. The second-order valence-electron chi connectivity index (χ2n) is 7.94. The number of nitrogens with zero attached hydrogens (tertiary/aromatic N) is 4. The Labute approximate surface area is 176 Å². The van der Waals surface area contributed by atoms with Crippen LogP contribution < -0.4 is 4.90 Å². The zero-order valence-corrected chi connectivity index (χ0v) is 17.9. The minimum Gasteiger partial charge on any atom is -0.371 e. The van der Waals surface area contributed by atoms with E-state index in [0.717, 1.165) is 35.5 Å². The first-order chi connectivity index (χ1) is 13.6. The number of benzene rings is 1. The fourth-order valence-corrected chi connectivity index (χ4v) is 6.04. The number of hydrogen-bond donors (Lipinski definition) is 0. The summed E-state index contributed by atoms with van der Waals surface area (Å²) in [5.41, 5.74) is 4.66. The zero-order chi connectivity index (χ0) is 19.3. The molecule has 0 amide bonds. The van der Waals surface area contributed by atoms with Crippen LogP contribution in [-0.4, -0.2) is 39.9 Å². The fourth-order valence-electron chi connectivity index (χ4n) is 4.68. The van der Waals surface area contributed by atoms with E-state index in [4.69, 9.17) is 16.6 Å². The summed E-state index contributed by atoms with van der Waals surface area (Å²) in [5.74, 6) is 0. The highest BCUT2D eigenvalue weighted by Crippen LogP contribution is 2.50. The highest BCUT2D eigenvalue weighted by atomic mass is 35.5. The average Bonchev–Trinajstić information content (AvgIpc) is 3.41. The van der Waals surface area contributed by atoms with Crippen molar-refractivity contribution in [1.82, 2.24) is 9.88 Å². The van der Waals surface area contributed by atoms with Gasteiger partial charge in [-0.2, -0.15) is 0 Å². The fraction of sp³-hybridized carbons (Fsp3) is 0.455. The second-order valence-corrected chi connectivity index (χ2v) is 9.73. The summed E-state index contributed by atoms with van der Waals surface area (Å²) in [4.78, 5) is 14.6. The van der Waals surface area contributed by atoms with Gasteiger partial charge >= 0.3 is 0 Å². The Morgan fingerprint density at radius 1 is 1.14 bits per heavy atom. The van der Waals surface area contributed by atoms with E-state index in [9.17, 15) is 0 Å². The molecule has 0 spiro atoms. The molecule has 28 heavy (non-hydrogen) atoms. The van der Waals surface area contributed by atoms with Crippen molar-refractivity contribution in [3.05, 3.63) is 58.4 Å². The Hall–Kier alpha value is -1.72. The van der Waals surface area contributed by atoms with E-state index in [1.165, 1.54) is 29.7 Å². The van der Waals surface area contributed by atoms with Gasteiger partial charge in [-0.3, -0.25) is 9.98 Å². The van der Waals surface area contributed by atoms with Crippen LogP contribution in [0.4, 0.5) is 5.69 Å². The number of anilines is 1. The number of rotatable bonds is 3. The molecule has 4 heterocycles. The lowest BCUT2D eigenvalue weighted by atomic mass is 9.94. The number of hydrogen-bond acceptors (Lipinski definition) is 5. The minimum absolute atomic E-state index is 0.00858. The molecule has 2 aromatic rings. The first-order valence-corrected chi connectivity index (χ1v) is 11.3. The molecule has 2 saturated heterocycles. The number of pyridine rings is 1.